The van der Waals surface area contributed by atoms with E-state index in [2.05, 4.69) is 10.5 Å². The molecule has 1 aromatic heterocycles. The number of hydrogen-bond acceptors (Lipinski definition) is 5. The lowest BCUT2D eigenvalue weighted by Gasteiger charge is -2.03. The summed E-state index contributed by atoms with van der Waals surface area (Å²) in [5.41, 5.74) is 3.73. The van der Waals surface area contributed by atoms with Crippen LogP contribution in [0.4, 0.5) is 5.69 Å². The molecule has 1 heterocycles. The summed E-state index contributed by atoms with van der Waals surface area (Å²) < 4.78 is 5.39. The molecule has 0 spiro atoms. The number of nitrogens with one attached hydrogen (secondary N) is 1. The number of carbonyl (C=O) groups is 1. The molecular formula is C23H17N3O4. The van der Waals surface area contributed by atoms with Gasteiger partial charge in [0.05, 0.1) is 11.5 Å². The second kappa shape index (κ2) is 8.40. The Morgan fingerprint density at radius 1 is 0.900 bits per heavy atom. The van der Waals surface area contributed by atoms with E-state index in [1.807, 2.05) is 54.6 Å². The van der Waals surface area contributed by atoms with Crippen LogP contribution >= 0.6 is 0 Å². The molecule has 3 aromatic carbocycles. The van der Waals surface area contributed by atoms with E-state index in [1.165, 1.54) is 24.3 Å². The molecule has 30 heavy (non-hydrogen) atoms. The van der Waals surface area contributed by atoms with Crippen LogP contribution in [0.5, 0.6) is 0 Å². The van der Waals surface area contributed by atoms with Crippen LogP contribution in [-0.4, -0.2) is 16.0 Å². The maximum absolute atomic E-state index is 12.2. The lowest BCUT2D eigenvalue weighted by molar-refractivity contribution is -0.384. The Kier molecular flexibility index (Phi) is 5.34. The molecule has 0 fully saturated rings. The number of benzene rings is 3. The lowest BCUT2D eigenvalue weighted by atomic mass is 10.0. The molecule has 0 atom stereocenters. The van der Waals surface area contributed by atoms with Gasteiger partial charge in [-0.15, -0.1) is 0 Å². The van der Waals surface area contributed by atoms with Crippen molar-refractivity contribution < 1.29 is 14.2 Å². The first kappa shape index (κ1) is 19.1. The minimum Gasteiger partial charge on any atom is -0.356 e. The molecule has 0 aliphatic carbocycles. The quantitative estimate of drug-likeness (QED) is 0.369. The first-order valence-corrected chi connectivity index (χ1v) is 9.24. The van der Waals surface area contributed by atoms with E-state index in [1.54, 1.807) is 6.07 Å². The number of nitro groups is 1. The zero-order chi connectivity index (χ0) is 20.9. The fourth-order valence-corrected chi connectivity index (χ4v) is 3.02. The number of nitrogens with zero attached hydrogens (tertiary/aromatic N) is 2. The van der Waals surface area contributed by atoms with Gasteiger partial charge >= 0.3 is 0 Å². The van der Waals surface area contributed by atoms with Gasteiger partial charge in [0.2, 0.25) is 0 Å². The first-order valence-electron chi connectivity index (χ1n) is 9.24. The summed E-state index contributed by atoms with van der Waals surface area (Å²) >= 11 is 0. The smallest absolute Gasteiger partial charge is 0.270 e. The molecule has 0 aliphatic rings. The van der Waals surface area contributed by atoms with Crippen LogP contribution in [0.25, 0.3) is 22.5 Å². The Bertz CT molecular complexity index is 1180. The highest BCUT2D eigenvalue weighted by molar-refractivity contribution is 5.94. The van der Waals surface area contributed by atoms with Crippen LogP contribution in [0.15, 0.2) is 89.5 Å². The molecule has 4 rings (SSSR count). The van der Waals surface area contributed by atoms with Gasteiger partial charge in [-0.3, -0.25) is 14.9 Å². The van der Waals surface area contributed by atoms with Gasteiger partial charge in [0.25, 0.3) is 11.6 Å². The number of nitro benzene ring substituents is 1. The molecule has 0 aliphatic heterocycles. The van der Waals surface area contributed by atoms with Crippen molar-refractivity contribution in [3.8, 4) is 22.5 Å². The van der Waals surface area contributed by atoms with Crippen molar-refractivity contribution in [3.63, 3.8) is 0 Å². The van der Waals surface area contributed by atoms with E-state index in [0.717, 1.165) is 16.7 Å². The standard InChI is InChI=1S/C23H17N3O4/c27-23(19-7-4-8-21(13-19)26(28)29)24-15-20-14-22(30-25-20)18-11-9-17(10-12-18)16-5-2-1-3-6-16/h1-14H,15H2,(H,24,27). The van der Waals surface area contributed by atoms with Crippen molar-refractivity contribution >= 4 is 11.6 Å². The zero-order valence-electron chi connectivity index (χ0n) is 15.8. The summed E-state index contributed by atoms with van der Waals surface area (Å²) in [7, 11) is 0. The fourth-order valence-electron chi connectivity index (χ4n) is 3.02. The summed E-state index contributed by atoms with van der Waals surface area (Å²) in [5.74, 6) is 0.171. The normalized spacial score (nSPS) is 10.5. The minimum atomic E-state index is -0.538. The molecule has 4 aromatic rings. The predicted octanol–water partition coefficient (Wildman–Crippen LogP) is 4.85. The van der Waals surface area contributed by atoms with E-state index in [9.17, 15) is 14.9 Å². The van der Waals surface area contributed by atoms with E-state index >= 15 is 0 Å². The first-order chi connectivity index (χ1) is 14.6. The highest BCUT2D eigenvalue weighted by Crippen LogP contribution is 2.25. The third-order valence-corrected chi connectivity index (χ3v) is 4.58. The summed E-state index contributed by atoms with van der Waals surface area (Å²) in [5, 5.41) is 17.5. The Balaban J connectivity index is 1.41. The molecular weight excluding hydrogens is 382 g/mol. The van der Waals surface area contributed by atoms with Crippen molar-refractivity contribution in [3.05, 3.63) is 106 Å². The maximum atomic E-state index is 12.2. The molecule has 1 amide bonds. The average Bonchev–Trinajstić information content (AvgIpc) is 3.27. The highest BCUT2D eigenvalue weighted by atomic mass is 16.6. The summed E-state index contributed by atoms with van der Waals surface area (Å²) in [6.07, 6.45) is 0. The maximum Gasteiger partial charge on any atom is 0.270 e. The number of non-ortho nitro benzene ring substituents is 1. The van der Waals surface area contributed by atoms with E-state index in [4.69, 9.17) is 4.52 Å². The molecule has 0 saturated heterocycles. The van der Waals surface area contributed by atoms with Crippen LogP contribution in [-0.2, 0) is 6.54 Å². The van der Waals surface area contributed by atoms with Crippen LogP contribution in [0.1, 0.15) is 16.1 Å². The molecule has 7 nitrogen and oxygen atoms in total. The van der Waals surface area contributed by atoms with Gasteiger partial charge in [0.1, 0.15) is 5.69 Å². The van der Waals surface area contributed by atoms with Gasteiger partial charge < -0.3 is 9.84 Å². The molecule has 0 radical (unpaired) electrons. The van der Waals surface area contributed by atoms with Gasteiger partial charge in [-0.1, -0.05) is 65.8 Å². The van der Waals surface area contributed by atoms with Gasteiger partial charge in [0, 0.05) is 29.3 Å². The van der Waals surface area contributed by atoms with E-state index < -0.39 is 10.8 Å². The topological polar surface area (TPSA) is 98.3 Å². The van der Waals surface area contributed by atoms with Gasteiger partial charge in [-0.2, -0.15) is 0 Å². The van der Waals surface area contributed by atoms with Crippen molar-refractivity contribution in [2.75, 3.05) is 0 Å². The van der Waals surface area contributed by atoms with Crippen LogP contribution in [0.2, 0.25) is 0 Å². The second-order valence-electron chi connectivity index (χ2n) is 6.62. The largest absolute Gasteiger partial charge is 0.356 e. The fraction of sp³-hybridized carbons (Fsp3) is 0.0435. The van der Waals surface area contributed by atoms with Gasteiger partial charge in [0.15, 0.2) is 5.76 Å². The van der Waals surface area contributed by atoms with Gasteiger partial charge in [-0.25, -0.2) is 0 Å². The van der Waals surface area contributed by atoms with Crippen molar-refractivity contribution in [1.29, 1.82) is 0 Å². The minimum absolute atomic E-state index is 0.134. The monoisotopic (exact) mass is 399 g/mol. The molecule has 7 heteroatoms. The highest BCUT2D eigenvalue weighted by Gasteiger charge is 2.13. The van der Waals surface area contributed by atoms with E-state index in [-0.39, 0.29) is 17.8 Å². The van der Waals surface area contributed by atoms with E-state index in [0.29, 0.717) is 11.5 Å². The summed E-state index contributed by atoms with van der Waals surface area (Å²) in [6, 6.07) is 25.3. The lowest BCUT2D eigenvalue weighted by Crippen LogP contribution is -2.22. The zero-order valence-corrected chi connectivity index (χ0v) is 15.8. The second-order valence-corrected chi connectivity index (χ2v) is 6.62. The number of carbonyl (C=O) groups excluding carboxylic acids is 1. The molecule has 0 unspecified atom stereocenters. The van der Waals surface area contributed by atoms with Crippen LogP contribution in [0.3, 0.4) is 0 Å². The number of amides is 1. The Morgan fingerprint density at radius 2 is 1.60 bits per heavy atom. The molecule has 148 valence electrons. The number of hydrogen-bond donors (Lipinski definition) is 1. The number of aromatic nitrogens is 1. The van der Waals surface area contributed by atoms with Crippen LogP contribution in [0, 0.1) is 10.1 Å². The Labute approximate surface area is 172 Å². The van der Waals surface area contributed by atoms with Crippen molar-refractivity contribution in [1.82, 2.24) is 10.5 Å². The van der Waals surface area contributed by atoms with Crippen molar-refractivity contribution in [2.24, 2.45) is 0 Å². The SMILES string of the molecule is O=C(NCc1cc(-c2ccc(-c3ccccc3)cc2)on1)c1cccc([N+](=O)[O-])c1. The number of rotatable bonds is 6. The van der Waals surface area contributed by atoms with Crippen LogP contribution < -0.4 is 5.32 Å². The summed E-state index contributed by atoms with van der Waals surface area (Å²) in [4.78, 5) is 22.6. The van der Waals surface area contributed by atoms with Crippen molar-refractivity contribution in [2.45, 2.75) is 6.54 Å². The third kappa shape index (κ3) is 4.25. The average molecular weight is 399 g/mol. The molecule has 0 bridgehead atoms. The molecule has 0 saturated carbocycles. The predicted molar refractivity (Wildman–Crippen MR) is 112 cm³/mol. The Morgan fingerprint density at radius 3 is 2.33 bits per heavy atom. The molecule has 1 N–H and O–H groups in total. The Hall–Kier alpha value is -4.26. The summed E-state index contributed by atoms with van der Waals surface area (Å²) in [6.45, 7) is 0.146. The third-order valence-electron chi connectivity index (χ3n) is 4.58. The van der Waals surface area contributed by atoms with Gasteiger partial charge in [-0.05, 0) is 17.2 Å².